The molecule has 3 aromatic rings. The molecule has 0 aliphatic carbocycles. The average Bonchev–Trinajstić information content (AvgIpc) is 3.23. The maximum absolute atomic E-state index is 13.2. The lowest BCUT2D eigenvalue weighted by Crippen LogP contribution is -2.32. The van der Waals surface area contributed by atoms with Crippen molar-refractivity contribution >= 4 is 23.4 Å². The largest absolute Gasteiger partial charge is 0.493 e. The summed E-state index contributed by atoms with van der Waals surface area (Å²) in [5, 5.41) is 9.90. The first-order chi connectivity index (χ1) is 17.0. The predicted octanol–water partition coefficient (Wildman–Crippen LogP) is 4.79. The number of ether oxygens (including phenoxy) is 3. The number of methoxy groups -OCH3 is 1. The average molecular weight is 498 g/mol. The molecule has 1 N–H and O–H groups in total. The summed E-state index contributed by atoms with van der Waals surface area (Å²) in [7, 11) is 1.54. The van der Waals surface area contributed by atoms with Crippen molar-refractivity contribution in [3.05, 3.63) is 72.5 Å². The SMILES string of the molecule is COc1cc(N2CCC(Oc3ccc(-c4ccc(F)cc4)cc3)C2=O)ccc1OC[C@H](O)CSC. The van der Waals surface area contributed by atoms with E-state index in [0.717, 1.165) is 11.1 Å². The second-order valence-corrected chi connectivity index (χ2v) is 9.08. The summed E-state index contributed by atoms with van der Waals surface area (Å²) in [5.74, 6) is 1.78. The van der Waals surface area contributed by atoms with Crippen LogP contribution in [-0.4, -0.2) is 55.5 Å². The number of nitrogens with zero attached hydrogens (tertiary/aromatic N) is 1. The molecule has 1 amide bonds. The number of carbonyl (C=O) groups is 1. The zero-order valence-corrected chi connectivity index (χ0v) is 20.5. The highest BCUT2D eigenvalue weighted by molar-refractivity contribution is 7.98. The highest BCUT2D eigenvalue weighted by Crippen LogP contribution is 2.34. The van der Waals surface area contributed by atoms with E-state index >= 15 is 0 Å². The minimum Gasteiger partial charge on any atom is -0.493 e. The van der Waals surface area contributed by atoms with Crippen molar-refractivity contribution in [1.29, 1.82) is 0 Å². The third kappa shape index (κ3) is 6.07. The molecule has 1 aliphatic heterocycles. The van der Waals surface area contributed by atoms with E-state index in [1.807, 2.05) is 30.5 Å². The lowest BCUT2D eigenvalue weighted by molar-refractivity contribution is -0.122. The van der Waals surface area contributed by atoms with Gasteiger partial charge in [-0.05, 0) is 53.8 Å². The van der Waals surface area contributed by atoms with Crippen LogP contribution in [0.2, 0.25) is 0 Å². The van der Waals surface area contributed by atoms with Gasteiger partial charge in [0.05, 0.1) is 13.2 Å². The van der Waals surface area contributed by atoms with Crippen LogP contribution in [0, 0.1) is 5.82 Å². The Morgan fingerprint density at radius 1 is 1.06 bits per heavy atom. The van der Waals surface area contributed by atoms with Gasteiger partial charge in [0.1, 0.15) is 18.2 Å². The van der Waals surface area contributed by atoms with Crippen LogP contribution < -0.4 is 19.1 Å². The normalized spacial score (nSPS) is 16.3. The first-order valence-corrected chi connectivity index (χ1v) is 12.7. The molecule has 0 bridgehead atoms. The van der Waals surface area contributed by atoms with Gasteiger partial charge in [0, 0.05) is 30.5 Å². The highest BCUT2D eigenvalue weighted by Gasteiger charge is 2.34. The molecule has 3 aromatic carbocycles. The van der Waals surface area contributed by atoms with Crippen LogP contribution in [0.25, 0.3) is 11.1 Å². The van der Waals surface area contributed by atoms with E-state index in [1.54, 1.807) is 47.0 Å². The number of amides is 1. The summed E-state index contributed by atoms with van der Waals surface area (Å²) >= 11 is 1.55. The van der Waals surface area contributed by atoms with Gasteiger partial charge in [0.25, 0.3) is 5.91 Å². The predicted molar refractivity (Wildman–Crippen MR) is 136 cm³/mol. The number of anilines is 1. The molecule has 0 spiro atoms. The Hall–Kier alpha value is -3.23. The summed E-state index contributed by atoms with van der Waals surface area (Å²) in [6.07, 6.45) is 1.32. The standard InChI is InChI=1S/C27H28FNO5S/c1-32-26-15-21(9-12-24(26)33-16-22(30)17-35-2)29-14-13-25(27(29)31)34-23-10-5-19(6-11-23)18-3-7-20(28)8-4-18/h3-12,15,22,25,30H,13-14,16-17H2,1-2H3/t22-,25?/m0/s1. The molecule has 2 atom stereocenters. The minimum absolute atomic E-state index is 0.126. The van der Waals surface area contributed by atoms with Gasteiger partial charge in [-0.1, -0.05) is 24.3 Å². The fourth-order valence-corrected chi connectivity index (χ4v) is 4.40. The van der Waals surface area contributed by atoms with Gasteiger partial charge >= 0.3 is 0 Å². The molecule has 1 saturated heterocycles. The third-order valence-corrected chi connectivity index (χ3v) is 6.43. The first kappa shape index (κ1) is 24.9. The molecular formula is C27H28FNO5S. The number of aliphatic hydroxyl groups excluding tert-OH is 1. The number of carbonyl (C=O) groups excluding carboxylic acids is 1. The second kappa shape index (κ2) is 11.5. The van der Waals surface area contributed by atoms with Gasteiger partial charge < -0.3 is 24.2 Å². The van der Waals surface area contributed by atoms with E-state index in [4.69, 9.17) is 14.2 Å². The van der Waals surface area contributed by atoms with E-state index in [1.165, 1.54) is 19.2 Å². The number of rotatable bonds is 10. The molecule has 8 heteroatoms. The van der Waals surface area contributed by atoms with Gasteiger partial charge in [-0.25, -0.2) is 4.39 Å². The molecule has 4 rings (SSSR count). The second-order valence-electron chi connectivity index (χ2n) is 8.17. The zero-order valence-electron chi connectivity index (χ0n) is 19.6. The maximum Gasteiger partial charge on any atom is 0.268 e. The molecule has 1 unspecified atom stereocenters. The number of thioether (sulfide) groups is 1. The Balaban J connectivity index is 1.39. The van der Waals surface area contributed by atoms with Gasteiger partial charge in [0.2, 0.25) is 0 Å². The van der Waals surface area contributed by atoms with E-state index in [0.29, 0.717) is 41.7 Å². The van der Waals surface area contributed by atoms with E-state index in [9.17, 15) is 14.3 Å². The van der Waals surface area contributed by atoms with E-state index < -0.39 is 12.2 Å². The van der Waals surface area contributed by atoms with Gasteiger partial charge in [-0.2, -0.15) is 11.8 Å². The zero-order chi connectivity index (χ0) is 24.8. The number of aliphatic hydroxyl groups is 1. The van der Waals surface area contributed by atoms with E-state index in [2.05, 4.69) is 0 Å². The number of hydrogen-bond acceptors (Lipinski definition) is 6. The van der Waals surface area contributed by atoms with Crippen LogP contribution >= 0.6 is 11.8 Å². The molecule has 1 fully saturated rings. The molecule has 0 radical (unpaired) electrons. The van der Waals surface area contributed by atoms with Crippen molar-refractivity contribution in [2.45, 2.75) is 18.6 Å². The Kier molecular flexibility index (Phi) is 8.15. The number of hydrogen-bond donors (Lipinski definition) is 1. The quantitative estimate of drug-likeness (QED) is 0.435. The third-order valence-electron chi connectivity index (χ3n) is 5.72. The summed E-state index contributed by atoms with van der Waals surface area (Å²) in [6.45, 7) is 0.683. The van der Waals surface area contributed by atoms with Gasteiger partial charge in [-0.15, -0.1) is 0 Å². The Morgan fingerprint density at radius 3 is 2.40 bits per heavy atom. The first-order valence-electron chi connectivity index (χ1n) is 11.3. The van der Waals surface area contributed by atoms with Crippen LogP contribution in [0.15, 0.2) is 66.7 Å². The molecule has 0 aromatic heterocycles. The fourth-order valence-electron chi connectivity index (χ4n) is 3.92. The Morgan fingerprint density at radius 2 is 1.74 bits per heavy atom. The summed E-state index contributed by atoms with van der Waals surface area (Å²) < 4.78 is 30.3. The fraction of sp³-hybridized carbons (Fsp3) is 0.296. The van der Waals surface area contributed by atoms with Crippen LogP contribution in [0.1, 0.15) is 6.42 Å². The highest BCUT2D eigenvalue weighted by atomic mass is 32.2. The van der Waals surface area contributed by atoms with Gasteiger partial charge in [-0.3, -0.25) is 4.79 Å². The van der Waals surface area contributed by atoms with Crippen LogP contribution in [0.4, 0.5) is 10.1 Å². The van der Waals surface area contributed by atoms with Gasteiger partial charge in [0.15, 0.2) is 17.6 Å². The molecular weight excluding hydrogens is 469 g/mol. The Labute approximate surface area is 208 Å². The van der Waals surface area contributed by atoms with Crippen LogP contribution in [0.3, 0.4) is 0 Å². The number of halogens is 1. The minimum atomic E-state index is -0.588. The van der Waals surface area contributed by atoms with Crippen molar-refractivity contribution in [3.8, 4) is 28.4 Å². The van der Waals surface area contributed by atoms with Crippen molar-refractivity contribution < 1.29 is 28.5 Å². The van der Waals surface area contributed by atoms with Crippen molar-refractivity contribution in [3.63, 3.8) is 0 Å². The van der Waals surface area contributed by atoms with Crippen LogP contribution in [-0.2, 0) is 4.79 Å². The molecule has 35 heavy (non-hydrogen) atoms. The summed E-state index contributed by atoms with van der Waals surface area (Å²) in [5.41, 5.74) is 2.54. The monoisotopic (exact) mass is 497 g/mol. The molecule has 184 valence electrons. The van der Waals surface area contributed by atoms with E-state index in [-0.39, 0.29) is 18.3 Å². The molecule has 6 nitrogen and oxygen atoms in total. The van der Waals surface area contributed by atoms with Crippen molar-refractivity contribution in [2.75, 3.05) is 37.2 Å². The maximum atomic E-state index is 13.2. The summed E-state index contributed by atoms with van der Waals surface area (Å²) in [6, 6.07) is 19.0. The lowest BCUT2D eigenvalue weighted by Gasteiger charge is -2.20. The van der Waals surface area contributed by atoms with Crippen molar-refractivity contribution in [1.82, 2.24) is 0 Å². The Bertz CT molecular complexity index is 1140. The number of benzene rings is 3. The summed E-state index contributed by atoms with van der Waals surface area (Å²) in [4.78, 5) is 14.7. The van der Waals surface area contributed by atoms with Crippen LogP contribution in [0.5, 0.6) is 17.2 Å². The smallest absolute Gasteiger partial charge is 0.268 e. The molecule has 0 saturated carbocycles. The van der Waals surface area contributed by atoms with Crippen molar-refractivity contribution in [2.24, 2.45) is 0 Å². The topological polar surface area (TPSA) is 68.2 Å². The molecule has 1 aliphatic rings. The lowest BCUT2D eigenvalue weighted by atomic mass is 10.1. The molecule has 1 heterocycles.